The van der Waals surface area contributed by atoms with Gasteiger partial charge in [-0.15, -0.1) is 0 Å². The molecule has 2 nitrogen and oxygen atoms in total. The average molecular weight is 242 g/mol. The SMILES string of the molecule is CCC(C)COC(=O)c1ccc2ccccc2c1. The molecule has 1 atom stereocenters. The highest BCUT2D eigenvalue weighted by atomic mass is 16.5. The third-order valence-electron chi connectivity index (χ3n) is 3.18. The number of rotatable bonds is 4. The minimum absolute atomic E-state index is 0.235. The number of ether oxygens (including phenoxy) is 1. The van der Waals surface area contributed by atoms with E-state index in [1.54, 1.807) is 0 Å². The predicted molar refractivity (Wildman–Crippen MR) is 73.7 cm³/mol. The molecular formula is C16H18O2. The van der Waals surface area contributed by atoms with Crippen LogP contribution in [-0.4, -0.2) is 12.6 Å². The first-order chi connectivity index (χ1) is 8.70. The minimum atomic E-state index is -0.235. The summed E-state index contributed by atoms with van der Waals surface area (Å²) >= 11 is 0. The molecule has 0 N–H and O–H groups in total. The summed E-state index contributed by atoms with van der Waals surface area (Å²) in [7, 11) is 0. The van der Waals surface area contributed by atoms with E-state index in [1.807, 2.05) is 42.5 Å². The molecular weight excluding hydrogens is 224 g/mol. The molecule has 0 aromatic heterocycles. The fraction of sp³-hybridized carbons (Fsp3) is 0.312. The van der Waals surface area contributed by atoms with Crippen molar-refractivity contribution >= 4 is 16.7 Å². The molecule has 0 spiro atoms. The lowest BCUT2D eigenvalue weighted by Gasteiger charge is -2.09. The van der Waals surface area contributed by atoms with Crippen LogP contribution in [0.4, 0.5) is 0 Å². The van der Waals surface area contributed by atoms with Crippen LogP contribution in [0.3, 0.4) is 0 Å². The van der Waals surface area contributed by atoms with Crippen LogP contribution in [0.2, 0.25) is 0 Å². The van der Waals surface area contributed by atoms with E-state index in [1.165, 1.54) is 0 Å². The fourth-order valence-corrected chi connectivity index (χ4v) is 1.74. The van der Waals surface area contributed by atoms with Gasteiger partial charge in [0.15, 0.2) is 0 Å². The van der Waals surface area contributed by atoms with Crippen LogP contribution in [0.1, 0.15) is 30.6 Å². The van der Waals surface area contributed by atoms with Crippen molar-refractivity contribution in [2.24, 2.45) is 5.92 Å². The van der Waals surface area contributed by atoms with E-state index in [2.05, 4.69) is 13.8 Å². The molecule has 2 aromatic rings. The highest BCUT2D eigenvalue weighted by molar-refractivity contribution is 5.95. The van der Waals surface area contributed by atoms with Gasteiger partial charge < -0.3 is 4.74 Å². The van der Waals surface area contributed by atoms with Crippen molar-refractivity contribution in [2.45, 2.75) is 20.3 Å². The van der Waals surface area contributed by atoms with Gasteiger partial charge in [-0.1, -0.05) is 50.6 Å². The molecule has 94 valence electrons. The second kappa shape index (κ2) is 5.67. The highest BCUT2D eigenvalue weighted by Crippen LogP contribution is 2.16. The molecule has 0 aliphatic rings. The van der Waals surface area contributed by atoms with E-state index in [0.29, 0.717) is 18.1 Å². The number of benzene rings is 2. The molecule has 0 amide bonds. The summed E-state index contributed by atoms with van der Waals surface area (Å²) in [4.78, 5) is 11.9. The summed E-state index contributed by atoms with van der Waals surface area (Å²) in [5.74, 6) is 0.176. The highest BCUT2D eigenvalue weighted by Gasteiger charge is 2.09. The maximum absolute atomic E-state index is 11.9. The normalized spacial score (nSPS) is 12.3. The monoisotopic (exact) mass is 242 g/mol. The lowest BCUT2D eigenvalue weighted by Crippen LogP contribution is -2.11. The van der Waals surface area contributed by atoms with Gasteiger partial charge in [-0.3, -0.25) is 0 Å². The summed E-state index contributed by atoms with van der Waals surface area (Å²) < 4.78 is 5.29. The lowest BCUT2D eigenvalue weighted by atomic mass is 10.1. The number of carbonyl (C=O) groups excluding carboxylic acids is 1. The van der Waals surface area contributed by atoms with Crippen LogP contribution < -0.4 is 0 Å². The Morgan fingerprint density at radius 2 is 1.89 bits per heavy atom. The molecule has 2 rings (SSSR count). The molecule has 0 saturated carbocycles. The van der Waals surface area contributed by atoms with Gasteiger partial charge in [0.05, 0.1) is 12.2 Å². The molecule has 0 radical (unpaired) electrons. The number of fused-ring (bicyclic) bond motifs is 1. The van der Waals surface area contributed by atoms with Crippen molar-refractivity contribution in [3.8, 4) is 0 Å². The zero-order valence-electron chi connectivity index (χ0n) is 10.8. The van der Waals surface area contributed by atoms with Gasteiger partial charge in [0.2, 0.25) is 0 Å². The zero-order valence-corrected chi connectivity index (χ0v) is 10.8. The van der Waals surface area contributed by atoms with Gasteiger partial charge in [0.25, 0.3) is 0 Å². The molecule has 0 bridgehead atoms. The molecule has 0 fully saturated rings. The van der Waals surface area contributed by atoms with Gasteiger partial charge in [0.1, 0.15) is 0 Å². The minimum Gasteiger partial charge on any atom is -0.462 e. The number of esters is 1. The number of hydrogen-bond acceptors (Lipinski definition) is 2. The average Bonchev–Trinajstić information content (AvgIpc) is 2.43. The molecule has 2 heteroatoms. The van der Waals surface area contributed by atoms with Gasteiger partial charge in [-0.25, -0.2) is 4.79 Å². The molecule has 0 heterocycles. The van der Waals surface area contributed by atoms with Crippen molar-refractivity contribution in [2.75, 3.05) is 6.61 Å². The lowest BCUT2D eigenvalue weighted by molar-refractivity contribution is 0.0447. The van der Waals surface area contributed by atoms with Crippen molar-refractivity contribution in [3.63, 3.8) is 0 Å². The summed E-state index contributed by atoms with van der Waals surface area (Å²) in [6.45, 7) is 4.66. The van der Waals surface area contributed by atoms with Crippen molar-refractivity contribution in [3.05, 3.63) is 48.0 Å². The Hall–Kier alpha value is -1.83. The first-order valence-corrected chi connectivity index (χ1v) is 6.36. The fourth-order valence-electron chi connectivity index (χ4n) is 1.74. The third-order valence-corrected chi connectivity index (χ3v) is 3.18. The molecule has 2 aromatic carbocycles. The Labute approximate surface area is 108 Å². The van der Waals surface area contributed by atoms with E-state index in [9.17, 15) is 4.79 Å². The van der Waals surface area contributed by atoms with Crippen LogP contribution in [-0.2, 0) is 4.74 Å². The Morgan fingerprint density at radius 1 is 1.17 bits per heavy atom. The summed E-state index contributed by atoms with van der Waals surface area (Å²) in [5.41, 5.74) is 0.622. The van der Waals surface area contributed by atoms with Crippen molar-refractivity contribution in [1.29, 1.82) is 0 Å². The van der Waals surface area contributed by atoms with E-state index in [4.69, 9.17) is 4.74 Å². The zero-order chi connectivity index (χ0) is 13.0. The number of hydrogen-bond donors (Lipinski definition) is 0. The Bertz CT molecular complexity index is 546. The van der Waals surface area contributed by atoms with Crippen molar-refractivity contribution < 1.29 is 9.53 Å². The third kappa shape index (κ3) is 2.89. The molecule has 0 aliphatic carbocycles. The Kier molecular flexibility index (Phi) is 3.98. The van der Waals surface area contributed by atoms with Crippen LogP contribution >= 0.6 is 0 Å². The van der Waals surface area contributed by atoms with Crippen LogP contribution in [0.25, 0.3) is 10.8 Å². The van der Waals surface area contributed by atoms with Gasteiger partial charge in [-0.2, -0.15) is 0 Å². The maximum atomic E-state index is 11.9. The van der Waals surface area contributed by atoms with Crippen LogP contribution in [0.15, 0.2) is 42.5 Å². The topological polar surface area (TPSA) is 26.3 Å². The van der Waals surface area contributed by atoms with E-state index >= 15 is 0 Å². The van der Waals surface area contributed by atoms with E-state index in [0.717, 1.165) is 17.2 Å². The van der Waals surface area contributed by atoms with Gasteiger partial charge in [-0.05, 0) is 28.8 Å². The molecule has 1 unspecified atom stereocenters. The number of carbonyl (C=O) groups is 1. The summed E-state index contributed by atoms with van der Waals surface area (Å²) in [6, 6.07) is 13.6. The van der Waals surface area contributed by atoms with Gasteiger partial charge in [0, 0.05) is 0 Å². The standard InChI is InChI=1S/C16H18O2/c1-3-12(2)11-18-16(17)15-9-8-13-6-4-5-7-14(13)10-15/h4-10,12H,3,11H2,1-2H3. The molecule has 18 heavy (non-hydrogen) atoms. The second-order valence-electron chi connectivity index (χ2n) is 4.67. The second-order valence-corrected chi connectivity index (χ2v) is 4.67. The predicted octanol–water partition coefficient (Wildman–Crippen LogP) is 4.04. The van der Waals surface area contributed by atoms with Crippen LogP contribution in [0.5, 0.6) is 0 Å². The van der Waals surface area contributed by atoms with Crippen molar-refractivity contribution in [1.82, 2.24) is 0 Å². The quantitative estimate of drug-likeness (QED) is 0.756. The van der Waals surface area contributed by atoms with E-state index < -0.39 is 0 Å². The summed E-state index contributed by atoms with van der Waals surface area (Å²) in [5, 5.41) is 2.20. The smallest absolute Gasteiger partial charge is 0.338 e. The largest absolute Gasteiger partial charge is 0.462 e. The van der Waals surface area contributed by atoms with Gasteiger partial charge >= 0.3 is 5.97 Å². The first-order valence-electron chi connectivity index (χ1n) is 6.36. The Balaban J connectivity index is 2.13. The van der Waals surface area contributed by atoms with E-state index in [-0.39, 0.29) is 5.97 Å². The molecule has 0 aliphatic heterocycles. The Morgan fingerprint density at radius 3 is 2.61 bits per heavy atom. The van der Waals surface area contributed by atoms with Crippen LogP contribution in [0, 0.1) is 5.92 Å². The maximum Gasteiger partial charge on any atom is 0.338 e. The molecule has 0 saturated heterocycles. The first kappa shape index (κ1) is 12.6. The summed E-state index contributed by atoms with van der Waals surface area (Å²) in [6.07, 6.45) is 1.02.